The van der Waals surface area contributed by atoms with E-state index in [1.807, 2.05) is 56.9 Å². The zero-order valence-electron chi connectivity index (χ0n) is 13.8. The third-order valence-corrected chi connectivity index (χ3v) is 3.44. The lowest BCUT2D eigenvalue weighted by atomic mass is 10.3. The van der Waals surface area contributed by atoms with Crippen LogP contribution in [0.15, 0.2) is 26.5 Å². The van der Waals surface area contributed by atoms with Crippen LogP contribution in [0.3, 0.4) is 0 Å². The van der Waals surface area contributed by atoms with Crippen LogP contribution < -0.4 is 0 Å². The zero-order chi connectivity index (χ0) is 15.6. The molecule has 2 rings (SSSR count). The van der Waals surface area contributed by atoms with Crippen molar-refractivity contribution in [3.63, 3.8) is 0 Å². The first-order chi connectivity index (χ1) is 9.88. The molecule has 1 aromatic heterocycles. The van der Waals surface area contributed by atoms with Gasteiger partial charge in [-0.1, -0.05) is 0 Å². The van der Waals surface area contributed by atoms with Crippen molar-refractivity contribution in [1.82, 2.24) is 14.7 Å². The number of hydrogen-bond acceptors (Lipinski definition) is 6. The van der Waals surface area contributed by atoms with Crippen LogP contribution in [0.1, 0.15) is 18.4 Å². The molecular formula is C15H25N5O. The molecule has 0 radical (unpaired) electrons. The highest BCUT2D eigenvalue weighted by molar-refractivity contribution is 5.99. The predicted molar refractivity (Wildman–Crippen MR) is 85.6 cm³/mol. The summed E-state index contributed by atoms with van der Waals surface area (Å²) < 4.78 is 5.62. The standard InChI is InChI=1S/C15H25N5O/c1-11-7-8-13(21-11)9-10-19(5)15-17-12(2)16-14(18(3)4)20(15)6/h7-8,12H,9-10H2,1-6H3. The quantitative estimate of drug-likeness (QED) is 0.849. The first-order valence-corrected chi connectivity index (χ1v) is 7.21. The topological polar surface area (TPSA) is 47.6 Å². The molecule has 21 heavy (non-hydrogen) atoms. The van der Waals surface area contributed by atoms with E-state index in [2.05, 4.69) is 21.9 Å². The Morgan fingerprint density at radius 3 is 2.43 bits per heavy atom. The Labute approximate surface area is 126 Å². The SMILES string of the molecule is Cc1ccc(CCN(C)C2=NC(C)N=C(N(C)C)N2C)o1. The van der Waals surface area contributed by atoms with E-state index in [4.69, 9.17) is 4.42 Å². The van der Waals surface area contributed by atoms with E-state index >= 15 is 0 Å². The van der Waals surface area contributed by atoms with E-state index in [-0.39, 0.29) is 6.17 Å². The fourth-order valence-corrected chi connectivity index (χ4v) is 2.39. The van der Waals surface area contributed by atoms with Gasteiger partial charge in [-0.3, -0.25) is 4.90 Å². The number of hydrogen-bond donors (Lipinski definition) is 0. The molecule has 1 aromatic rings. The molecule has 0 N–H and O–H groups in total. The van der Waals surface area contributed by atoms with Gasteiger partial charge in [0.25, 0.3) is 0 Å². The van der Waals surface area contributed by atoms with Gasteiger partial charge in [-0.05, 0) is 26.0 Å². The highest BCUT2D eigenvalue weighted by Gasteiger charge is 2.24. The lowest BCUT2D eigenvalue weighted by Gasteiger charge is -2.35. The van der Waals surface area contributed by atoms with E-state index in [1.54, 1.807) is 0 Å². The Hall–Kier alpha value is -1.98. The molecule has 0 aliphatic carbocycles. The van der Waals surface area contributed by atoms with Gasteiger partial charge in [-0.2, -0.15) is 0 Å². The Morgan fingerprint density at radius 2 is 1.86 bits per heavy atom. The minimum Gasteiger partial charge on any atom is -0.466 e. The number of rotatable bonds is 3. The minimum atomic E-state index is -0.0538. The summed E-state index contributed by atoms with van der Waals surface area (Å²) in [6.07, 6.45) is 0.807. The Morgan fingerprint density at radius 1 is 1.19 bits per heavy atom. The number of furan rings is 1. The fourth-order valence-electron chi connectivity index (χ4n) is 2.39. The van der Waals surface area contributed by atoms with Gasteiger partial charge in [0.15, 0.2) is 0 Å². The molecule has 116 valence electrons. The predicted octanol–water partition coefficient (Wildman–Crippen LogP) is 1.63. The van der Waals surface area contributed by atoms with Crippen LogP contribution in [0.4, 0.5) is 0 Å². The van der Waals surface area contributed by atoms with Crippen molar-refractivity contribution in [2.75, 3.05) is 34.7 Å². The van der Waals surface area contributed by atoms with Crippen molar-refractivity contribution in [3.8, 4) is 0 Å². The molecule has 2 heterocycles. The van der Waals surface area contributed by atoms with Crippen molar-refractivity contribution >= 4 is 11.9 Å². The van der Waals surface area contributed by atoms with Crippen LogP contribution in [-0.4, -0.2) is 67.5 Å². The van der Waals surface area contributed by atoms with E-state index in [0.717, 1.165) is 36.4 Å². The third kappa shape index (κ3) is 3.56. The van der Waals surface area contributed by atoms with Crippen LogP contribution in [0.25, 0.3) is 0 Å². The molecule has 1 aliphatic heterocycles. The first kappa shape index (κ1) is 15.4. The number of nitrogens with zero attached hydrogens (tertiary/aromatic N) is 5. The number of aryl methyl sites for hydroxylation is 1. The molecule has 0 amide bonds. The van der Waals surface area contributed by atoms with Crippen LogP contribution in [0.5, 0.6) is 0 Å². The molecule has 0 bridgehead atoms. The lowest BCUT2D eigenvalue weighted by molar-refractivity contribution is 0.394. The summed E-state index contributed by atoms with van der Waals surface area (Å²) in [5, 5.41) is 0. The van der Waals surface area contributed by atoms with Gasteiger partial charge in [-0.25, -0.2) is 9.98 Å². The van der Waals surface area contributed by atoms with Crippen LogP contribution >= 0.6 is 0 Å². The van der Waals surface area contributed by atoms with Gasteiger partial charge in [0, 0.05) is 41.2 Å². The summed E-state index contributed by atoms with van der Waals surface area (Å²) in [7, 11) is 8.04. The number of guanidine groups is 2. The monoisotopic (exact) mass is 291 g/mol. The average Bonchev–Trinajstić information content (AvgIpc) is 2.83. The fraction of sp³-hybridized carbons (Fsp3) is 0.600. The smallest absolute Gasteiger partial charge is 0.205 e. The second-order valence-electron chi connectivity index (χ2n) is 5.63. The van der Waals surface area contributed by atoms with Crippen LogP contribution in [-0.2, 0) is 6.42 Å². The second-order valence-corrected chi connectivity index (χ2v) is 5.63. The molecule has 1 atom stereocenters. The maximum atomic E-state index is 5.62. The maximum absolute atomic E-state index is 5.62. The highest BCUT2D eigenvalue weighted by atomic mass is 16.3. The molecule has 1 aliphatic rings. The van der Waals surface area contributed by atoms with Crippen molar-refractivity contribution in [3.05, 3.63) is 23.7 Å². The maximum Gasteiger partial charge on any atom is 0.205 e. The minimum absolute atomic E-state index is 0.0538. The molecule has 0 spiro atoms. The summed E-state index contributed by atoms with van der Waals surface area (Å²) in [5.74, 6) is 3.82. The van der Waals surface area contributed by atoms with E-state index < -0.39 is 0 Å². The first-order valence-electron chi connectivity index (χ1n) is 7.21. The molecule has 0 fully saturated rings. The normalized spacial score (nSPS) is 18.4. The van der Waals surface area contributed by atoms with Gasteiger partial charge in [0.1, 0.15) is 17.7 Å². The molecular weight excluding hydrogens is 266 g/mol. The zero-order valence-corrected chi connectivity index (χ0v) is 13.8. The van der Waals surface area contributed by atoms with Crippen LogP contribution in [0.2, 0.25) is 0 Å². The van der Waals surface area contributed by atoms with E-state index in [1.165, 1.54) is 0 Å². The van der Waals surface area contributed by atoms with Crippen molar-refractivity contribution in [2.24, 2.45) is 9.98 Å². The summed E-state index contributed by atoms with van der Waals surface area (Å²) >= 11 is 0. The highest BCUT2D eigenvalue weighted by Crippen LogP contribution is 2.12. The summed E-state index contributed by atoms with van der Waals surface area (Å²) in [5.41, 5.74) is 0. The van der Waals surface area contributed by atoms with Gasteiger partial charge in [-0.15, -0.1) is 0 Å². The Kier molecular flexibility index (Phi) is 4.55. The second kappa shape index (κ2) is 6.20. The van der Waals surface area contributed by atoms with Crippen LogP contribution in [0, 0.1) is 6.92 Å². The molecule has 0 saturated heterocycles. The Balaban J connectivity index is 2.02. The Bertz CT molecular complexity index is 546. The van der Waals surface area contributed by atoms with Crippen molar-refractivity contribution in [1.29, 1.82) is 0 Å². The number of aliphatic imine (C=N–C) groups is 2. The van der Waals surface area contributed by atoms with Gasteiger partial charge in [0.05, 0.1) is 0 Å². The summed E-state index contributed by atoms with van der Waals surface area (Å²) in [6.45, 7) is 4.82. The molecule has 1 unspecified atom stereocenters. The van der Waals surface area contributed by atoms with Gasteiger partial charge in [0.2, 0.25) is 11.9 Å². The molecule has 6 heteroatoms. The summed E-state index contributed by atoms with van der Waals surface area (Å²) in [4.78, 5) is 15.4. The van der Waals surface area contributed by atoms with E-state index in [0.29, 0.717) is 0 Å². The van der Waals surface area contributed by atoms with Gasteiger partial charge >= 0.3 is 0 Å². The molecule has 0 saturated carbocycles. The van der Waals surface area contributed by atoms with Crippen molar-refractivity contribution in [2.45, 2.75) is 26.4 Å². The lowest BCUT2D eigenvalue weighted by Crippen LogP contribution is -2.51. The van der Waals surface area contributed by atoms with Gasteiger partial charge < -0.3 is 14.2 Å². The number of likely N-dealkylation sites (N-methyl/N-ethyl adjacent to an activating group) is 1. The summed E-state index contributed by atoms with van der Waals surface area (Å²) in [6, 6.07) is 4.03. The largest absolute Gasteiger partial charge is 0.466 e. The third-order valence-electron chi connectivity index (χ3n) is 3.44. The average molecular weight is 291 g/mol. The molecule has 6 nitrogen and oxygen atoms in total. The van der Waals surface area contributed by atoms with Crippen molar-refractivity contribution < 1.29 is 4.42 Å². The molecule has 0 aromatic carbocycles. The van der Waals surface area contributed by atoms with E-state index in [9.17, 15) is 0 Å².